The monoisotopic (exact) mass is 709 g/mol. The number of furan rings is 1. The zero-order chi connectivity index (χ0) is 34.3. The second kappa shape index (κ2) is 12.0. The standard InChI is InChI=1S/C46H35N3OS2/c1-49-45(29-19-22-40-35(25-29)33-13-6-8-17-39(33)51-40)47-44(27-10-3-2-4-11-27)48-46(49)30-20-23-42-37(26-30)36-24-28(18-21-41(36)52-42)31-14-9-15-34-32-12-5-7-16-38(32)50-43(31)34/h2-18,20-21,23-26,44-48H,19,22H2,1H3. The van der Waals surface area contributed by atoms with Crippen LogP contribution in [0.2, 0.25) is 0 Å². The van der Waals surface area contributed by atoms with Gasteiger partial charge in [-0.3, -0.25) is 15.5 Å². The van der Waals surface area contributed by atoms with Crippen molar-refractivity contribution in [2.75, 3.05) is 7.05 Å². The third kappa shape index (κ3) is 4.83. The highest BCUT2D eigenvalue weighted by Gasteiger charge is 2.36. The summed E-state index contributed by atoms with van der Waals surface area (Å²) in [5.74, 6) is 0. The van der Waals surface area contributed by atoms with Gasteiger partial charge in [-0.25, -0.2) is 0 Å². The van der Waals surface area contributed by atoms with Gasteiger partial charge < -0.3 is 4.42 Å². The number of benzene rings is 6. The fourth-order valence-electron chi connectivity index (χ4n) is 8.58. The van der Waals surface area contributed by atoms with Gasteiger partial charge in [-0.05, 0) is 89.5 Å². The Hall–Kier alpha value is -5.08. The molecule has 1 aliphatic carbocycles. The third-order valence-electron chi connectivity index (χ3n) is 11.2. The molecule has 0 radical (unpaired) electrons. The Labute approximate surface area is 309 Å². The Bertz CT molecular complexity index is 2860. The van der Waals surface area contributed by atoms with E-state index < -0.39 is 0 Å². The van der Waals surface area contributed by atoms with Crippen LogP contribution in [0, 0.1) is 0 Å². The molecule has 252 valence electrons. The molecular weight excluding hydrogens is 675 g/mol. The van der Waals surface area contributed by atoms with Crippen LogP contribution in [0.5, 0.6) is 0 Å². The largest absolute Gasteiger partial charge is 0.455 e. The molecule has 1 aliphatic heterocycles. The van der Waals surface area contributed by atoms with E-state index in [1.54, 1.807) is 0 Å². The van der Waals surface area contributed by atoms with Gasteiger partial charge in [0.05, 0.1) is 18.5 Å². The first-order valence-corrected chi connectivity index (χ1v) is 19.7. The van der Waals surface area contributed by atoms with Crippen molar-refractivity contribution in [2.24, 2.45) is 0 Å². The molecule has 4 nitrogen and oxygen atoms in total. The molecule has 6 aromatic carbocycles. The lowest BCUT2D eigenvalue weighted by Gasteiger charge is -2.46. The molecule has 2 N–H and O–H groups in total. The van der Waals surface area contributed by atoms with Crippen LogP contribution in [0.25, 0.3) is 69.4 Å². The van der Waals surface area contributed by atoms with E-state index in [0.717, 1.165) is 40.3 Å². The first kappa shape index (κ1) is 30.5. The van der Waals surface area contributed by atoms with Crippen molar-refractivity contribution in [2.45, 2.75) is 31.3 Å². The maximum absolute atomic E-state index is 6.45. The second-order valence-corrected chi connectivity index (χ2v) is 16.4. The highest BCUT2D eigenvalue weighted by atomic mass is 32.1. The number of thiophene rings is 2. The van der Waals surface area contributed by atoms with E-state index >= 15 is 0 Å². The highest BCUT2D eigenvalue weighted by Crippen LogP contribution is 2.43. The molecule has 0 amide bonds. The summed E-state index contributed by atoms with van der Waals surface area (Å²) in [4.78, 5) is 4.00. The lowest BCUT2D eigenvalue weighted by molar-refractivity contribution is 0.0602. The van der Waals surface area contributed by atoms with Gasteiger partial charge in [-0.2, -0.15) is 0 Å². The van der Waals surface area contributed by atoms with Gasteiger partial charge in [-0.15, -0.1) is 22.7 Å². The number of para-hydroxylation sites is 2. The van der Waals surface area contributed by atoms with Crippen molar-refractivity contribution < 1.29 is 4.42 Å². The topological polar surface area (TPSA) is 40.4 Å². The molecule has 0 bridgehead atoms. The second-order valence-electron chi connectivity index (χ2n) is 14.2. The van der Waals surface area contributed by atoms with Gasteiger partial charge >= 0.3 is 0 Å². The van der Waals surface area contributed by atoms with Crippen LogP contribution in [0.1, 0.15) is 40.3 Å². The number of aryl methyl sites for hydroxylation is 1. The van der Waals surface area contributed by atoms with Crippen LogP contribution in [0.3, 0.4) is 0 Å². The van der Waals surface area contributed by atoms with Crippen molar-refractivity contribution >= 4 is 80.9 Å². The maximum Gasteiger partial charge on any atom is 0.143 e. The van der Waals surface area contributed by atoms with Crippen molar-refractivity contribution in [3.05, 3.63) is 161 Å². The molecule has 3 aromatic heterocycles. The summed E-state index contributed by atoms with van der Waals surface area (Å²) in [6, 6.07) is 48.5. The molecule has 1 saturated heterocycles. The first-order chi connectivity index (χ1) is 25.7. The Balaban J connectivity index is 1.01. The molecular formula is C46H35N3OS2. The fourth-order valence-corrected chi connectivity index (χ4v) is 10.8. The minimum absolute atomic E-state index is 0.000247. The molecule has 9 aromatic rings. The molecule has 6 heteroatoms. The van der Waals surface area contributed by atoms with Crippen LogP contribution in [-0.2, 0) is 6.42 Å². The molecule has 3 atom stereocenters. The van der Waals surface area contributed by atoms with Crippen LogP contribution in [-0.4, -0.2) is 18.1 Å². The third-order valence-corrected chi connectivity index (χ3v) is 13.6. The fraction of sp³-hybridized carbons (Fsp3) is 0.130. The summed E-state index contributed by atoms with van der Waals surface area (Å²) in [5, 5.41) is 14.3. The van der Waals surface area contributed by atoms with Gasteiger partial charge in [0, 0.05) is 46.1 Å². The molecule has 4 heterocycles. The quantitative estimate of drug-likeness (QED) is 0.191. The average Bonchev–Trinajstić information content (AvgIpc) is 3.89. The lowest BCUT2D eigenvalue weighted by atomic mass is 9.92. The predicted molar refractivity (Wildman–Crippen MR) is 220 cm³/mol. The van der Waals surface area contributed by atoms with E-state index in [-0.39, 0.29) is 18.5 Å². The minimum atomic E-state index is -0.000247. The molecule has 3 unspecified atom stereocenters. The summed E-state index contributed by atoms with van der Waals surface area (Å²) in [7, 11) is 2.26. The van der Waals surface area contributed by atoms with Crippen LogP contribution in [0.15, 0.2) is 143 Å². The Kier molecular flexibility index (Phi) is 7.04. The predicted octanol–water partition coefficient (Wildman–Crippen LogP) is 12.0. The maximum atomic E-state index is 6.45. The van der Waals surface area contributed by atoms with E-state index in [1.165, 1.54) is 63.0 Å². The summed E-state index contributed by atoms with van der Waals surface area (Å²) < 4.78 is 10.4. The molecule has 2 aliphatic rings. The Morgan fingerprint density at radius 1 is 0.596 bits per heavy atom. The van der Waals surface area contributed by atoms with Crippen LogP contribution in [0.4, 0.5) is 0 Å². The number of likely N-dealkylation sites (N-methyl/N-ethyl adjacent to an activating group) is 1. The first-order valence-electron chi connectivity index (χ1n) is 18.0. The highest BCUT2D eigenvalue weighted by molar-refractivity contribution is 7.25. The zero-order valence-electron chi connectivity index (χ0n) is 28.6. The van der Waals surface area contributed by atoms with E-state index in [1.807, 2.05) is 28.7 Å². The van der Waals surface area contributed by atoms with E-state index in [9.17, 15) is 0 Å². The zero-order valence-corrected chi connectivity index (χ0v) is 30.2. The normalized spacial score (nSPS) is 19.6. The van der Waals surface area contributed by atoms with Crippen molar-refractivity contribution in [3.8, 4) is 11.1 Å². The molecule has 0 saturated carbocycles. The minimum Gasteiger partial charge on any atom is -0.455 e. The van der Waals surface area contributed by atoms with Gasteiger partial charge in [0.25, 0.3) is 0 Å². The molecule has 52 heavy (non-hydrogen) atoms. The number of nitrogens with zero attached hydrogens (tertiary/aromatic N) is 1. The van der Waals surface area contributed by atoms with Crippen molar-refractivity contribution in [3.63, 3.8) is 0 Å². The SMILES string of the molecule is CN1C(C2=Cc3c(sc4ccccc34)CC2)NC(c2ccccc2)NC1c1ccc2sc3ccc(-c4cccc5c4oc4ccccc45)cc3c2c1. The number of rotatable bonds is 4. The molecule has 11 rings (SSSR count). The van der Waals surface area contributed by atoms with Crippen molar-refractivity contribution in [1.82, 2.24) is 15.5 Å². The number of hydrogen-bond acceptors (Lipinski definition) is 6. The molecule has 0 spiro atoms. The van der Waals surface area contributed by atoms with E-state index in [2.05, 4.69) is 156 Å². The number of fused-ring (bicyclic) bond motifs is 9. The van der Waals surface area contributed by atoms with Gasteiger partial charge in [0.1, 0.15) is 11.2 Å². The van der Waals surface area contributed by atoms with Crippen LogP contribution >= 0.6 is 22.7 Å². The van der Waals surface area contributed by atoms with Crippen LogP contribution < -0.4 is 10.6 Å². The smallest absolute Gasteiger partial charge is 0.143 e. The number of hydrogen-bond donors (Lipinski definition) is 2. The number of nitrogens with one attached hydrogen (secondary N) is 2. The lowest BCUT2D eigenvalue weighted by Crippen LogP contribution is -2.60. The van der Waals surface area contributed by atoms with Gasteiger partial charge in [0.2, 0.25) is 0 Å². The summed E-state index contributed by atoms with van der Waals surface area (Å²) in [6.45, 7) is 0. The van der Waals surface area contributed by atoms with Crippen molar-refractivity contribution in [1.29, 1.82) is 0 Å². The van der Waals surface area contributed by atoms with E-state index in [0.29, 0.717) is 0 Å². The average molecular weight is 710 g/mol. The summed E-state index contributed by atoms with van der Waals surface area (Å²) >= 11 is 3.82. The molecule has 1 fully saturated rings. The summed E-state index contributed by atoms with van der Waals surface area (Å²) in [6.07, 6.45) is 4.69. The van der Waals surface area contributed by atoms with Gasteiger partial charge in [0.15, 0.2) is 0 Å². The summed E-state index contributed by atoms with van der Waals surface area (Å²) in [5.41, 5.74) is 9.54. The Morgan fingerprint density at radius 3 is 2.23 bits per heavy atom. The van der Waals surface area contributed by atoms with E-state index in [4.69, 9.17) is 4.42 Å². The van der Waals surface area contributed by atoms with Gasteiger partial charge in [-0.1, -0.05) is 103 Å². The Morgan fingerprint density at radius 2 is 1.33 bits per heavy atom.